The highest BCUT2D eigenvalue weighted by molar-refractivity contribution is 5.36. The van der Waals surface area contributed by atoms with E-state index in [2.05, 4.69) is 30.4 Å². The summed E-state index contributed by atoms with van der Waals surface area (Å²) in [5.41, 5.74) is 5.75. The van der Waals surface area contributed by atoms with E-state index in [-0.39, 0.29) is 5.95 Å². The first kappa shape index (κ1) is 11.6. The Hall–Kier alpha value is -2.25. The topological polar surface area (TPSA) is 107 Å². The fourth-order valence-corrected chi connectivity index (χ4v) is 3.45. The zero-order chi connectivity index (χ0) is 13.5. The molecule has 3 atom stereocenters. The summed E-state index contributed by atoms with van der Waals surface area (Å²) in [4.78, 5) is 16.5. The van der Waals surface area contributed by atoms with Gasteiger partial charge in [-0.3, -0.25) is 0 Å². The van der Waals surface area contributed by atoms with Crippen LogP contribution in [0.5, 0.6) is 0 Å². The first-order valence-electron chi connectivity index (χ1n) is 6.91. The maximum Gasteiger partial charge on any atom is 0.258 e. The third kappa shape index (κ3) is 1.97. The van der Waals surface area contributed by atoms with Gasteiger partial charge in [0.25, 0.3) is 5.95 Å². The molecule has 0 spiro atoms. The predicted octanol–water partition coefficient (Wildman–Crippen LogP) is 0.635. The zero-order valence-electron chi connectivity index (χ0n) is 11.0. The van der Waals surface area contributed by atoms with Crippen molar-refractivity contribution in [3.8, 4) is 5.95 Å². The van der Waals surface area contributed by atoms with Gasteiger partial charge in [-0.05, 0) is 31.1 Å². The Morgan fingerprint density at radius 3 is 2.85 bits per heavy atom. The number of rotatable bonds is 3. The summed E-state index contributed by atoms with van der Waals surface area (Å²) in [6, 6.07) is 0.458. The standard InChI is InChI=1S/C12H16N8/c13-10-17-11(16-9-4-7-1-2-8(9)3-7)19-12(18-10)20-6-14-5-15-20/h5-9H,1-4H2,(H3,13,16,17,18,19). The summed E-state index contributed by atoms with van der Waals surface area (Å²) in [7, 11) is 0. The molecule has 8 nitrogen and oxygen atoms in total. The van der Waals surface area contributed by atoms with Gasteiger partial charge in [0.2, 0.25) is 11.9 Å². The van der Waals surface area contributed by atoms with Crippen LogP contribution in [0.4, 0.5) is 11.9 Å². The molecular weight excluding hydrogens is 256 g/mol. The summed E-state index contributed by atoms with van der Waals surface area (Å²) in [5, 5.41) is 7.42. The maximum absolute atomic E-state index is 5.75. The molecule has 0 amide bonds. The van der Waals surface area contributed by atoms with Crippen molar-refractivity contribution in [2.24, 2.45) is 11.8 Å². The second kappa shape index (κ2) is 4.39. The van der Waals surface area contributed by atoms with Gasteiger partial charge in [0.05, 0.1) is 0 Å². The van der Waals surface area contributed by atoms with Gasteiger partial charge in [-0.2, -0.15) is 24.7 Å². The van der Waals surface area contributed by atoms with E-state index in [1.165, 1.54) is 43.0 Å². The van der Waals surface area contributed by atoms with Gasteiger partial charge in [-0.15, -0.1) is 0 Å². The van der Waals surface area contributed by atoms with Crippen molar-refractivity contribution < 1.29 is 0 Å². The molecule has 0 radical (unpaired) electrons. The van der Waals surface area contributed by atoms with Gasteiger partial charge in [0.1, 0.15) is 12.7 Å². The van der Waals surface area contributed by atoms with Crippen LogP contribution in [0.3, 0.4) is 0 Å². The predicted molar refractivity (Wildman–Crippen MR) is 72.0 cm³/mol. The molecular formula is C12H16N8. The minimum Gasteiger partial charge on any atom is -0.368 e. The monoisotopic (exact) mass is 272 g/mol. The van der Waals surface area contributed by atoms with Gasteiger partial charge in [0.15, 0.2) is 0 Å². The molecule has 2 aromatic heterocycles. The molecule has 104 valence electrons. The minimum absolute atomic E-state index is 0.191. The lowest BCUT2D eigenvalue weighted by Crippen LogP contribution is -2.27. The molecule has 8 heteroatoms. The van der Waals surface area contributed by atoms with Crippen molar-refractivity contribution in [3.05, 3.63) is 12.7 Å². The Kier molecular flexibility index (Phi) is 2.54. The van der Waals surface area contributed by atoms with E-state index in [1.807, 2.05) is 0 Å². The second-order valence-electron chi connectivity index (χ2n) is 5.58. The molecule has 0 aromatic carbocycles. The summed E-state index contributed by atoms with van der Waals surface area (Å²) >= 11 is 0. The van der Waals surface area contributed by atoms with E-state index in [4.69, 9.17) is 5.73 Å². The van der Waals surface area contributed by atoms with Crippen LogP contribution in [0.25, 0.3) is 5.95 Å². The van der Waals surface area contributed by atoms with Crippen molar-refractivity contribution in [1.82, 2.24) is 29.7 Å². The fourth-order valence-electron chi connectivity index (χ4n) is 3.45. The summed E-state index contributed by atoms with van der Waals surface area (Å²) in [6.07, 6.45) is 8.17. The molecule has 2 bridgehead atoms. The lowest BCUT2D eigenvalue weighted by molar-refractivity contribution is 0.438. The number of fused-ring (bicyclic) bond motifs is 2. The Balaban J connectivity index is 1.59. The Bertz CT molecular complexity index is 610. The van der Waals surface area contributed by atoms with Crippen LogP contribution >= 0.6 is 0 Å². The van der Waals surface area contributed by atoms with E-state index in [0.29, 0.717) is 17.9 Å². The number of nitrogens with one attached hydrogen (secondary N) is 1. The summed E-state index contributed by atoms with van der Waals surface area (Å²) in [5.74, 6) is 2.72. The highest BCUT2D eigenvalue weighted by Gasteiger charge is 2.39. The lowest BCUT2D eigenvalue weighted by Gasteiger charge is -2.22. The number of nitrogens with zero attached hydrogens (tertiary/aromatic N) is 6. The molecule has 4 rings (SSSR count). The van der Waals surface area contributed by atoms with Crippen LogP contribution in [0.1, 0.15) is 25.7 Å². The molecule has 0 saturated heterocycles. The third-order valence-electron chi connectivity index (χ3n) is 4.32. The third-order valence-corrected chi connectivity index (χ3v) is 4.32. The molecule has 2 aliphatic carbocycles. The van der Waals surface area contributed by atoms with Gasteiger partial charge >= 0.3 is 0 Å². The molecule has 0 aliphatic heterocycles. The van der Waals surface area contributed by atoms with Gasteiger partial charge < -0.3 is 11.1 Å². The molecule has 2 aliphatic rings. The van der Waals surface area contributed by atoms with Gasteiger partial charge in [0, 0.05) is 6.04 Å². The van der Waals surface area contributed by atoms with Crippen molar-refractivity contribution in [3.63, 3.8) is 0 Å². The highest BCUT2D eigenvalue weighted by atomic mass is 15.4. The van der Waals surface area contributed by atoms with Crippen LogP contribution in [-0.2, 0) is 0 Å². The van der Waals surface area contributed by atoms with Crippen LogP contribution in [0.2, 0.25) is 0 Å². The molecule has 3 unspecified atom stereocenters. The number of anilines is 2. The number of nitrogens with two attached hydrogens (primary N) is 1. The molecule has 2 fully saturated rings. The molecule has 2 saturated carbocycles. The Morgan fingerprint density at radius 1 is 1.20 bits per heavy atom. The number of hydrogen-bond acceptors (Lipinski definition) is 7. The normalized spacial score (nSPS) is 27.9. The Labute approximate surface area is 115 Å². The molecule has 3 N–H and O–H groups in total. The summed E-state index contributed by atoms with van der Waals surface area (Å²) < 4.78 is 1.48. The van der Waals surface area contributed by atoms with E-state index in [0.717, 1.165) is 11.8 Å². The Morgan fingerprint density at radius 2 is 2.15 bits per heavy atom. The quantitative estimate of drug-likeness (QED) is 0.843. The second-order valence-corrected chi connectivity index (χ2v) is 5.58. The fraction of sp³-hybridized carbons (Fsp3) is 0.583. The van der Waals surface area contributed by atoms with Gasteiger partial charge in [-0.25, -0.2) is 4.98 Å². The smallest absolute Gasteiger partial charge is 0.258 e. The average molecular weight is 272 g/mol. The minimum atomic E-state index is 0.191. The molecule has 2 heterocycles. The largest absolute Gasteiger partial charge is 0.368 e. The van der Waals surface area contributed by atoms with E-state index >= 15 is 0 Å². The first-order valence-corrected chi connectivity index (χ1v) is 6.91. The van der Waals surface area contributed by atoms with Crippen LogP contribution in [0, 0.1) is 11.8 Å². The molecule has 20 heavy (non-hydrogen) atoms. The number of nitrogen functional groups attached to an aromatic ring is 1. The SMILES string of the molecule is Nc1nc(NC2CC3CCC2C3)nc(-n2cncn2)n1. The number of aromatic nitrogens is 6. The van der Waals surface area contributed by atoms with Crippen LogP contribution in [0.15, 0.2) is 12.7 Å². The van der Waals surface area contributed by atoms with Crippen molar-refractivity contribution >= 4 is 11.9 Å². The van der Waals surface area contributed by atoms with Crippen LogP contribution in [-0.4, -0.2) is 35.8 Å². The van der Waals surface area contributed by atoms with E-state index in [1.54, 1.807) is 0 Å². The van der Waals surface area contributed by atoms with Gasteiger partial charge in [-0.1, -0.05) is 6.42 Å². The maximum atomic E-state index is 5.75. The highest BCUT2D eigenvalue weighted by Crippen LogP contribution is 2.45. The summed E-state index contributed by atoms with van der Waals surface area (Å²) in [6.45, 7) is 0. The average Bonchev–Trinajstić information content (AvgIpc) is 3.16. The van der Waals surface area contributed by atoms with Crippen molar-refractivity contribution in [2.45, 2.75) is 31.7 Å². The zero-order valence-corrected chi connectivity index (χ0v) is 11.0. The first-order chi connectivity index (χ1) is 9.78. The van der Waals surface area contributed by atoms with E-state index in [9.17, 15) is 0 Å². The van der Waals surface area contributed by atoms with E-state index < -0.39 is 0 Å². The number of hydrogen-bond donors (Lipinski definition) is 2. The van der Waals surface area contributed by atoms with Crippen molar-refractivity contribution in [2.75, 3.05) is 11.1 Å². The van der Waals surface area contributed by atoms with Crippen molar-refractivity contribution in [1.29, 1.82) is 0 Å². The molecule has 2 aromatic rings. The van der Waals surface area contributed by atoms with Crippen LogP contribution < -0.4 is 11.1 Å². The lowest BCUT2D eigenvalue weighted by atomic mass is 9.95.